The summed E-state index contributed by atoms with van der Waals surface area (Å²) >= 11 is 0. The first-order valence-corrected chi connectivity index (χ1v) is 11.1. The van der Waals surface area contributed by atoms with Gasteiger partial charge in [-0.3, -0.25) is 14.6 Å². The van der Waals surface area contributed by atoms with Crippen LogP contribution in [0.4, 0.5) is 0 Å². The Morgan fingerprint density at radius 3 is 2.42 bits per heavy atom. The Kier molecular flexibility index (Phi) is 8.06. The van der Waals surface area contributed by atoms with Crippen LogP contribution in [0.2, 0.25) is 0 Å². The molecule has 1 amide bonds. The van der Waals surface area contributed by atoms with Gasteiger partial charge in [0.15, 0.2) is 11.5 Å². The van der Waals surface area contributed by atoms with Gasteiger partial charge in [-0.15, -0.1) is 0 Å². The number of rotatable bonds is 10. The van der Waals surface area contributed by atoms with E-state index < -0.39 is 17.7 Å². The summed E-state index contributed by atoms with van der Waals surface area (Å²) in [5, 5.41) is 11.2. The van der Waals surface area contributed by atoms with E-state index in [2.05, 4.69) is 23.7 Å². The minimum Gasteiger partial charge on any atom is -0.507 e. The highest BCUT2D eigenvalue weighted by Crippen LogP contribution is 2.40. The van der Waals surface area contributed by atoms with E-state index in [1.807, 2.05) is 0 Å². The third kappa shape index (κ3) is 5.01. The molecule has 0 bridgehead atoms. The van der Waals surface area contributed by atoms with Gasteiger partial charge in [0.1, 0.15) is 11.8 Å². The number of ether oxygens (including phenoxy) is 2. The molecule has 176 valence electrons. The molecule has 3 rings (SSSR count). The number of carbonyl (C=O) groups excluding carboxylic acids is 2. The highest BCUT2D eigenvalue weighted by Gasteiger charge is 2.46. The molecule has 0 saturated carbocycles. The number of amides is 1. The van der Waals surface area contributed by atoms with E-state index in [0.29, 0.717) is 35.7 Å². The molecule has 1 aromatic carbocycles. The molecule has 1 aromatic heterocycles. The molecule has 1 N–H and O–H groups in total. The number of hydrogen-bond donors (Lipinski definition) is 1. The van der Waals surface area contributed by atoms with Gasteiger partial charge in [-0.1, -0.05) is 19.9 Å². The molecule has 1 aliphatic heterocycles. The van der Waals surface area contributed by atoms with E-state index >= 15 is 0 Å². The standard InChI is InChI=1S/C25H31N3O5/c1-5-27(6-2)14-9-15-28-22(18-10-7-8-13-26-18)21(24(30)25(28)31)23(29)17-11-12-19(32-3)20(16-17)33-4/h7-8,10-13,16,22,29H,5-6,9,14-15H2,1-4H3/b23-21+/t22-/m0/s1. The summed E-state index contributed by atoms with van der Waals surface area (Å²) in [5.41, 5.74) is 0.907. The molecule has 0 aliphatic carbocycles. The summed E-state index contributed by atoms with van der Waals surface area (Å²) in [6, 6.07) is 9.41. The number of Topliss-reactive ketones (excluding diaryl/α,β-unsaturated/α-hetero) is 1. The maximum absolute atomic E-state index is 13.1. The number of benzene rings is 1. The normalized spacial score (nSPS) is 17.6. The summed E-state index contributed by atoms with van der Waals surface area (Å²) in [6.45, 7) is 7.20. The molecule has 0 unspecified atom stereocenters. The van der Waals surface area contributed by atoms with Gasteiger partial charge < -0.3 is 24.4 Å². The zero-order valence-corrected chi connectivity index (χ0v) is 19.6. The lowest BCUT2D eigenvalue weighted by molar-refractivity contribution is -0.140. The number of hydrogen-bond acceptors (Lipinski definition) is 7. The average molecular weight is 454 g/mol. The lowest BCUT2D eigenvalue weighted by atomic mass is 9.98. The van der Waals surface area contributed by atoms with E-state index in [9.17, 15) is 14.7 Å². The highest BCUT2D eigenvalue weighted by molar-refractivity contribution is 6.46. The highest BCUT2D eigenvalue weighted by atomic mass is 16.5. The lowest BCUT2D eigenvalue weighted by Gasteiger charge is -2.26. The van der Waals surface area contributed by atoms with E-state index in [4.69, 9.17) is 9.47 Å². The third-order valence-corrected chi connectivity index (χ3v) is 5.93. The number of aliphatic hydroxyl groups is 1. The minimum atomic E-state index is -0.768. The van der Waals surface area contributed by atoms with E-state index in [1.54, 1.807) is 42.6 Å². The van der Waals surface area contributed by atoms with Crippen molar-refractivity contribution in [2.75, 3.05) is 40.4 Å². The Balaban J connectivity index is 2.03. The topological polar surface area (TPSA) is 92.2 Å². The quantitative estimate of drug-likeness (QED) is 0.335. The molecule has 1 atom stereocenters. The molecule has 0 spiro atoms. The fraction of sp³-hybridized carbons (Fsp3) is 0.400. The smallest absolute Gasteiger partial charge is 0.295 e. The van der Waals surface area contributed by atoms with E-state index in [0.717, 1.165) is 19.6 Å². The second kappa shape index (κ2) is 11.0. The number of ketones is 1. The molecule has 0 radical (unpaired) electrons. The molecule has 1 fully saturated rings. The van der Waals surface area contributed by atoms with Crippen molar-refractivity contribution >= 4 is 17.4 Å². The van der Waals surface area contributed by atoms with E-state index in [-0.39, 0.29) is 11.3 Å². The zero-order valence-electron chi connectivity index (χ0n) is 19.6. The van der Waals surface area contributed by atoms with Crippen LogP contribution in [-0.2, 0) is 9.59 Å². The molecule has 1 saturated heterocycles. The van der Waals surface area contributed by atoms with Crippen LogP contribution in [0.5, 0.6) is 11.5 Å². The van der Waals surface area contributed by atoms with Gasteiger partial charge in [0.2, 0.25) is 0 Å². The number of aromatic nitrogens is 1. The number of likely N-dealkylation sites (tertiary alicyclic amines) is 1. The van der Waals surface area contributed by atoms with Crippen molar-refractivity contribution in [2.45, 2.75) is 26.3 Å². The Bertz CT molecular complexity index is 1020. The van der Waals surface area contributed by atoms with Crippen LogP contribution in [0.3, 0.4) is 0 Å². The second-order valence-corrected chi connectivity index (χ2v) is 7.70. The SMILES string of the molecule is CCN(CC)CCCN1C(=O)C(=O)/C(=C(/O)c2ccc(OC)c(OC)c2)[C@@H]1c1ccccn1. The Morgan fingerprint density at radius 2 is 1.82 bits per heavy atom. The van der Waals surface area contributed by atoms with Gasteiger partial charge in [-0.2, -0.15) is 0 Å². The molecule has 2 heterocycles. The summed E-state index contributed by atoms with van der Waals surface area (Å²) < 4.78 is 10.6. The van der Waals surface area contributed by atoms with Crippen molar-refractivity contribution in [3.05, 3.63) is 59.4 Å². The van der Waals surface area contributed by atoms with Gasteiger partial charge in [0.05, 0.1) is 25.5 Å². The Morgan fingerprint density at radius 1 is 1.09 bits per heavy atom. The number of nitrogens with zero attached hydrogens (tertiary/aromatic N) is 3. The van der Waals surface area contributed by atoms with Gasteiger partial charge in [-0.05, 0) is 56.4 Å². The maximum atomic E-state index is 13.1. The Hall–Kier alpha value is -3.39. The summed E-state index contributed by atoms with van der Waals surface area (Å²) in [4.78, 5) is 34.3. The van der Waals surface area contributed by atoms with Crippen LogP contribution >= 0.6 is 0 Å². The molecule has 2 aromatic rings. The maximum Gasteiger partial charge on any atom is 0.295 e. The second-order valence-electron chi connectivity index (χ2n) is 7.70. The van der Waals surface area contributed by atoms with Gasteiger partial charge >= 0.3 is 0 Å². The van der Waals surface area contributed by atoms with Gasteiger partial charge in [0, 0.05) is 18.3 Å². The molecule has 8 nitrogen and oxygen atoms in total. The average Bonchev–Trinajstić information content (AvgIpc) is 3.11. The number of aliphatic hydroxyl groups excluding tert-OH is 1. The van der Waals surface area contributed by atoms with Crippen LogP contribution in [0.1, 0.15) is 37.6 Å². The monoisotopic (exact) mass is 453 g/mol. The predicted octanol–water partition coefficient (Wildman–Crippen LogP) is 3.25. The number of pyridine rings is 1. The fourth-order valence-electron chi connectivity index (χ4n) is 4.10. The molecular weight excluding hydrogens is 422 g/mol. The summed E-state index contributed by atoms with van der Waals surface area (Å²) in [6.07, 6.45) is 2.32. The molecular formula is C25H31N3O5. The van der Waals surface area contributed by atoms with Crippen LogP contribution in [-0.4, -0.2) is 72.0 Å². The van der Waals surface area contributed by atoms with Gasteiger partial charge in [0.25, 0.3) is 11.7 Å². The third-order valence-electron chi connectivity index (χ3n) is 5.93. The largest absolute Gasteiger partial charge is 0.507 e. The lowest BCUT2D eigenvalue weighted by Crippen LogP contribution is -2.33. The molecule has 33 heavy (non-hydrogen) atoms. The first-order chi connectivity index (χ1) is 16.0. The molecule has 1 aliphatic rings. The van der Waals surface area contributed by atoms with Crippen molar-refractivity contribution in [2.24, 2.45) is 0 Å². The fourth-order valence-corrected chi connectivity index (χ4v) is 4.10. The summed E-state index contributed by atoms with van der Waals surface area (Å²) in [7, 11) is 3.01. The van der Waals surface area contributed by atoms with Crippen molar-refractivity contribution in [3.8, 4) is 11.5 Å². The van der Waals surface area contributed by atoms with Crippen molar-refractivity contribution in [3.63, 3.8) is 0 Å². The van der Waals surface area contributed by atoms with Crippen LogP contribution in [0, 0.1) is 0 Å². The van der Waals surface area contributed by atoms with Crippen molar-refractivity contribution in [1.29, 1.82) is 0 Å². The van der Waals surface area contributed by atoms with Crippen LogP contribution in [0.15, 0.2) is 48.2 Å². The van der Waals surface area contributed by atoms with Crippen LogP contribution in [0.25, 0.3) is 5.76 Å². The van der Waals surface area contributed by atoms with Crippen molar-refractivity contribution in [1.82, 2.24) is 14.8 Å². The zero-order chi connectivity index (χ0) is 24.0. The number of methoxy groups -OCH3 is 2. The minimum absolute atomic E-state index is 0.0220. The van der Waals surface area contributed by atoms with Gasteiger partial charge in [-0.25, -0.2) is 0 Å². The summed E-state index contributed by atoms with van der Waals surface area (Å²) in [5.74, 6) is -0.722. The number of carbonyl (C=O) groups is 2. The van der Waals surface area contributed by atoms with E-state index in [1.165, 1.54) is 19.1 Å². The first kappa shape index (κ1) is 24.3. The molecule has 8 heteroatoms. The predicted molar refractivity (Wildman–Crippen MR) is 125 cm³/mol. The Labute approximate surface area is 194 Å². The van der Waals surface area contributed by atoms with Crippen molar-refractivity contribution < 1.29 is 24.2 Å². The van der Waals surface area contributed by atoms with Crippen LogP contribution < -0.4 is 9.47 Å². The first-order valence-electron chi connectivity index (χ1n) is 11.1.